The summed E-state index contributed by atoms with van der Waals surface area (Å²) >= 11 is 0. The van der Waals surface area contributed by atoms with Crippen LogP contribution in [0.4, 0.5) is 0 Å². The van der Waals surface area contributed by atoms with Crippen molar-refractivity contribution in [3.05, 3.63) is 41.6 Å². The Bertz CT molecular complexity index is 642. The number of hydrogen-bond acceptors (Lipinski definition) is 4. The van der Waals surface area contributed by atoms with Gasteiger partial charge in [0.1, 0.15) is 11.5 Å². The normalized spacial score (nSPS) is 17.1. The molecule has 1 fully saturated rings. The van der Waals surface area contributed by atoms with Gasteiger partial charge in [-0.15, -0.1) is 0 Å². The molecule has 0 bridgehead atoms. The molecule has 6 nitrogen and oxygen atoms in total. The van der Waals surface area contributed by atoms with Crippen LogP contribution in [0.2, 0.25) is 0 Å². The van der Waals surface area contributed by atoms with E-state index in [-0.39, 0.29) is 11.9 Å². The molecule has 24 heavy (non-hydrogen) atoms. The van der Waals surface area contributed by atoms with Gasteiger partial charge in [-0.05, 0) is 50.0 Å². The van der Waals surface area contributed by atoms with Gasteiger partial charge in [-0.3, -0.25) is 14.8 Å². The number of carbonyl (C=O) groups excluding carboxylic acids is 1. The number of aromatic amines is 1. The fraction of sp³-hybridized carbons (Fsp3) is 0.556. The lowest BCUT2D eigenvalue weighted by Gasteiger charge is -2.33. The van der Waals surface area contributed by atoms with Crippen molar-refractivity contribution in [1.82, 2.24) is 20.4 Å². The third-order valence-electron chi connectivity index (χ3n) is 4.61. The molecule has 3 rings (SSSR count). The van der Waals surface area contributed by atoms with Crippen molar-refractivity contribution in [3.8, 4) is 0 Å². The van der Waals surface area contributed by atoms with Gasteiger partial charge >= 0.3 is 0 Å². The summed E-state index contributed by atoms with van der Waals surface area (Å²) in [5, 5.41) is 10.1. The third-order valence-corrected chi connectivity index (χ3v) is 4.61. The zero-order valence-corrected chi connectivity index (χ0v) is 14.4. The highest BCUT2D eigenvalue weighted by Crippen LogP contribution is 2.24. The second kappa shape index (κ2) is 7.66. The predicted octanol–water partition coefficient (Wildman–Crippen LogP) is 3.08. The summed E-state index contributed by atoms with van der Waals surface area (Å²) in [6, 6.07) is 5.78. The number of carbonyl (C=O) groups is 1. The molecule has 3 heterocycles. The molecule has 0 radical (unpaired) electrons. The number of nitrogens with one attached hydrogen (secondary N) is 2. The molecule has 1 saturated heterocycles. The minimum absolute atomic E-state index is 0.0766. The quantitative estimate of drug-likeness (QED) is 0.853. The first-order valence-electron chi connectivity index (χ1n) is 8.76. The summed E-state index contributed by atoms with van der Waals surface area (Å²) in [4.78, 5) is 14.8. The van der Waals surface area contributed by atoms with Crippen molar-refractivity contribution < 1.29 is 9.21 Å². The van der Waals surface area contributed by atoms with E-state index in [0.29, 0.717) is 18.2 Å². The SMILES string of the molecule is CC(C)c1cc(C(=O)NC[C@@H](c2ccco2)N2CCCCC2)n[nH]1. The summed E-state index contributed by atoms with van der Waals surface area (Å²) < 4.78 is 5.61. The molecule has 6 heteroatoms. The number of likely N-dealkylation sites (tertiary alicyclic amines) is 1. The molecule has 2 aromatic heterocycles. The molecule has 0 spiro atoms. The van der Waals surface area contributed by atoms with Crippen LogP contribution in [-0.2, 0) is 0 Å². The molecule has 1 amide bonds. The molecular weight excluding hydrogens is 304 g/mol. The molecule has 1 aliphatic rings. The van der Waals surface area contributed by atoms with E-state index in [0.717, 1.165) is 24.5 Å². The monoisotopic (exact) mass is 330 g/mol. The van der Waals surface area contributed by atoms with Gasteiger partial charge in [0, 0.05) is 12.2 Å². The molecule has 130 valence electrons. The van der Waals surface area contributed by atoms with E-state index in [9.17, 15) is 4.79 Å². The number of amides is 1. The van der Waals surface area contributed by atoms with E-state index in [4.69, 9.17) is 4.42 Å². The van der Waals surface area contributed by atoms with E-state index in [1.165, 1.54) is 19.3 Å². The lowest BCUT2D eigenvalue weighted by atomic mass is 10.1. The van der Waals surface area contributed by atoms with Crippen LogP contribution >= 0.6 is 0 Å². The molecule has 1 aliphatic heterocycles. The Morgan fingerprint density at radius 2 is 2.17 bits per heavy atom. The standard InChI is InChI=1S/C18H26N4O2/c1-13(2)14-11-15(21-20-14)18(23)19-12-16(17-7-6-10-24-17)22-8-4-3-5-9-22/h6-7,10-11,13,16H,3-5,8-9,12H2,1-2H3,(H,19,23)(H,20,21)/t16-/m0/s1. The van der Waals surface area contributed by atoms with Gasteiger partial charge in [-0.25, -0.2) is 0 Å². The number of hydrogen-bond donors (Lipinski definition) is 2. The van der Waals surface area contributed by atoms with Crippen LogP contribution < -0.4 is 5.32 Å². The van der Waals surface area contributed by atoms with Crippen LogP contribution in [0.3, 0.4) is 0 Å². The topological polar surface area (TPSA) is 74.2 Å². The van der Waals surface area contributed by atoms with Crippen LogP contribution in [0.5, 0.6) is 0 Å². The average molecular weight is 330 g/mol. The van der Waals surface area contributed by atoms with Crippen molar-refractivity contribution >= 4 is 5.91 Å². The largest absolute Gasteiger partial charge is 0.468 e. The summed E-state index contributed by atoms with van der Waals surface area (Å²) in [5.74, 6) is 1.08. The second-order valence-corrected chi connectivity index (χ2v) is 6.70. The van der Waals surface area contributed by atoms with Gasteiger partial charge < -0.3 is 9.73 Å². The van der Waals surface area contributed by atoms with Crippen molar-refractivity contribution in [2.24, 2.45) is 0 Å². The fourth-order valence-corrected chi connectivity index (χ4v) is 3.15. The number of aromatic nitrogens is 2. The maximum absolute atomic E-state index is 12.4. The van der Waals surface area contributed by atoms with Crippen molar-refractivity contribution in [3.63, 3.8) is 0 Å². The van der Waals surface area contributed by atoms with Crippen LogP contribution in [-0.4, -0.2) is 40.6 Å². The smallest absolute Gasteiger partial charge is 0.271 e. The molecule has 0 unspecified atom stereocenters. The van der Waals surface area contributed by atoms with Gasteiger partial charge in [0.15, 0.2) is 0 Å². The van der Waals surface area contributed by atoms with E-state index < -0.39 is 0 Å². The van der Waals surface area contributed by atoms with Crippen LogP contribution in [0.25, 0.3) is 0 Å². The summed E-state index contributed by atoms with van der Waals surface area (Å²) in [6.45, 7) is 6.75. The van der Waals surface area contributed by atoms with E-state index in [2.05, 4.69) is 34.3 Å². The van der Waals surface area contributed by atoms with Crippen molar-refractivity contribution in [2.75, 3.05) is 19.6 Å². The van der Waals surface area contributed by atoms with Gasteiger partial charge in [-0.2, -0.15) is 5.10 Å². The Kier molecular flexibility index (Phi) is 5.35. The Morgan fingerprint density at radius 3 is 2.79 bits per heavy atom. The number of nitrogens with zero attached hydrogens (tertiary/aromatic N) is 2. The molecule has 2 N–H and O–H groups in total. The third kappa shape index (κ3) is 3.87. The maximum atomic E-state index is 12.4. The average Bonchev–Trinajstić information content (AvgIpc) is 3.28. The Hall–Kier alpha value is -2.08. The van der Waals surface area contributed by atoms with Crippen LogP contribution in [0.15, 0.2) is 28.9 Å². The van der Waals surface area contributed by atoms with Crippen molar-refractivity contribution in [2.45, 2.75) is 45.1 Å². The summed E-state index contributed by atoms with van der Waals surface area (Å²) in [5.41, 5.74) is 1.41. The van der Waals surface area contributed by atoms with Crippen LogP contribution in [0.1, 0.15) is 67.0 Å². The molecule has 0 saturated carbocycles. The highest BCUT2D eigenvalue weighted by atomic mass is 16.3. The maximum Gasteiger partial charge on any atom is 0.271 e. The molecule has 2 aromatic rings. The van der Waals surface area contributed by atoms with E-state index in [1.54, 1.807) is 6.26 Å². The van der Waals surface area contributed by atoms with Gasteiger partial charge in [0.2, 0.25) is 0 Å². The van der Waals surface area contributed by atoms with Crippen LogP contribution in [0, 0.1) is 0 Å². The number of rotatable bonds is 6. The molecule has 0 aliphatic carbocycles. The Labute approximate surface area is 142 Å². The molecular formula is C18H26N4O2. The Morgan fingerprint density at radius 1 is 1.38 bits per heavy atom. The zero-order valence-electron chi connectivity index (χ0n) is 14.4. The number of furan rings is 1. The number of piperidine rings is 1. The van der Waals surface area contributed by atoms with E-state index in [1.807, 2.05) is 18.2 Å². The van der Waals surface area contributed by atoms with Gasteiger partial charge in [0.05, 0.1) is 12.3 Å². The molecule has 0 aromatic carbocycles. The molecule has 1 atom stereocenters. The first kappa shape index (κ1) is 16.8. The highest BCUT2D eigenvalue weighted by molar-refractivity contribution is 5.92. The lowest BCUT2D eigenvalue weighted by Crippen LogP contribution is -2.40. The van der Waals surface area contributed by atoms with Crippen molar-refractivity contribution in [1.29, 1.82) is 0 Å². The number of H-pyrrole nitrogens is 1. The zero-order chi connectivity index (χ0) is 16.9. The second-order valence-electron chi connectivity index (χ2n) is 6.70. The predicted molar refractivity (Wildman–Crippen MR) is 91.9 cm³/mol. The first-order valence-corrected chi connectivity index (χ1v) is 8.76. The minimum atomic E-state index is -0.147. The van der Waals surface area contributed by atoms with Gasteiger partial charge in [0.25, 0.3) is 5.91 Å². The van der Waals surface area contributed by atoms with E-state index >= 15 is 0 Å². The first-order chi connectivity index (χ1) is 11.6. The lowest BCUT2D eigenvalue weighted by molar-refractivity contribution is 0.0909. The fourth-order valence-electron chi connectivity index (χ4n) is 3.15. The highest BCUT2D eigenvalue weighted by Gasteiger charge is 2.25. The van der Waals surface area contributed by atoms with Gasteiger partial charge in [-0.1, -0.05) is 20.3 Å². The minimum Gasteiger partial charge on any atom is -0.468 e. The summed E-state index contributed by atoms with van der Waals surface area (Å²) in [6.07, 6.45) is 5.36. The summed E-state index contributed by atoms with van der Waals surface area (Å²) in [7, 11) is 0. The Balaban J connectivity index is 1.65.